The van der Waals surface area contributed by atoms with Crippen molar-refractivity contribution >= 4 is 29.7 Å². The van der Waals surface area contributed by atoms with Crippen molar-refractivity contribution in [2.45, 2.75) is 51.2 Å². The highest BCUT2D eigenvalue weighted by Gasteiger charge is 2.29. The lowest BCUT2D eigenvalue weighted by molar-refractivity contribution is -0.147. The fourth-order valence-electron chi connectivity index (χ4n) is 1.77. The van der Waals surface area contributed by atoms with E-state index >= 15 is 0 Å². The molecule has 0 radical (unpaired) electrons. The second kappa shape index (κ2) is 10.2. The lowest BCUT2D eigenvalue weighted by Crippen LogP contribution is -2.55. The van der Waals surface area contributed by atoms with Crippen LogP contribution in [0.2, 0.25) is 0 Å². The van der Waals surface area contributed by atoms with Crippen molar-refractivity contribution in [3.05, 3.63) is 0 Å². The van der Waals surface area contributed by atoms with Crippen molar-refractivity contribution in [3.63, 3.8) is 0 Å². The van der Waals surface area contributed by atoms with Crippen LogP contribution in [0.4, 0.5) is 0 Å². The minimum absolute atomic E-state index is 0.183. The third-order valence-electron chi connectivity index (χ3n) is 3.33. The van der Waals surface area contributed by atoms with Gasteiger partial charge in [0, 0.05) is 6.42 Å². The summed E-state index contributed by atoms with van der Waals surface area (Å²) in [4.78, 5) is 56.8. The Kier molecular flexibility index (Phi) is 9.13. The van der Waals surface area contributed by atoms with Crippen LogP contribution in [0.25, 0.3) is 0 Å². The minimum atomic E-state index is -1.68. The first-order valence-electron chi connectivity index (χ1n) is 7.54. The molecule has 0 aliphatic carbocycles. The molecule has 8 N–H and O–H groups in total. The first-order chi connectivity index (χ1) is 11.5. The number of carboxylic acid groups (broad SMARTS) is 2. The van der Waals surface area contributed by atoms with Gasteiger partial charge in [-0.15, -0.1) is 0 Å². The number of carbonyl (C=O) groups excluding carboxylic acids is 3. The van der Waals surface area contributed by atoms with E-state index in [1.54, 1.807) is 13.8 Å². The summed E-state index contributed by atoms with van der Waals surface area (Å²) in [5.74, 6) is -5.52. The van der Waals surface area contributed by atoms with Crippen LogP contribution in [-0.4, -0.2) is 58.0 Å². The maximum atomic E-state index is 12.2. The van der Waals surface area contributed by atoms with Gasteiger partial charge in [0.05, 0.1) is 12.5 Å². The molecule has 0 aromatic carbocycles. The smallest absolute Gasteiger partial charge is 0.326 e. The number of aliphatic carboxylic acids is 2. The summed E-state index contributed by atoms with van der Waals surface area (Å²) in [6.07, 6.45) is -1.27. The minimum Gasteiger partial charge on any atom is -0.481 e. The topological polar surface area (TPSA) is 202 Å². The number of carbonyl (C=O) groups is 5. The standard InChI is InChI=1S/C14H24N4O7/c1-6(2)11(16)13(23)17-7(3-4-9(15)19)12(22)18-8(14(24)25)5-10(20)21/h6-8,11H,3-5,16H2,1-2H3,(H2,15,19)(H,17,23)(H,18,22)(H,20,21)(H,24,25)/t7-,8-,11-/m0/s1. The molecule has 0 spiro atoms. The van der Waals surface area contributed by atoms with E-state index in [0.717, 1.165) is 0 Å². The van der Waals surface area contributed by atoms with Gasteiger partial charge in [-0.25, -0.2) is 4.79 Å². The number of hydrogen-bond donors (Lipinski definition) is 6. The molecule has 0 fully saturated rings. The van der Waals surface area contributed by atoms with Crippen LogP contribution in [0.3, 0.4) is 0 Å². The fourth-order valence-corrected chi connectivity index (χ4v) is 1.77. The normalized spacial score (nSPS) is 14.2. The van der Waals surface area contributed by atoms with Crippen LogP contribution in [0.15, 0.2) is 0 Å². The second-order valence-electron chi connectivity index (χ2n) is 5.83. The van der Waals surface area contributed by atoms with Crippen molar-refractivity contribution in [2.75, 3.05) is 0 Å². The van der Waals surface area contributed by atoms with Crippen LogP contribution < -0.4 is 22.1 Å². The van der Waals surface area contributed by atoms with Gasteiger partial charge < -0.3 is 32.3 Å². The van der Waals surface area contributed by atoms with Crippen LogP contribution in [0.5, 0.6) is 0 Å². The Balaban J connectivity index is 5.13. The molecule has 25 heavy (non-hydrogen) atoms. The first-order valence-corrected chi connectivity index (χ1v) is 7.54. The van der Waals surface area contributed by atoms with E-state index in [-0.39, 0.29) is 18.8 Å². The molecule has 11 heteroatoms. The largest absolute Gasteiger partial charge is 0.481 e. The Hall–Kier alpha value is -2.69. The summed E-state index contributed by atoms with van der Waals surface area (Å²) in [5.41, 5.74) is 10.7. The van der Waals surface area contributed by atoms with E-state index in [1.807, 2.05) is 5.32 Å². The van der Waals surface area contributed by atoms with Gasteiger partial charge in [-0.05, 0) is 12.3 Å². The van der Waals surface area contributed by atoms with Crippen LogP contribution in [0.1, 0.15) is 33.1 Å². The highest BCUT2D eigenvalue weighted by atomic mass is 16.4. The van der Waals surface area contributed by atoms with E-state index in [1.165, 1.54) is 0 Å². The molecule has 0 saturated carbocycles. The molecule has 0 aliphatic rings. The molecule has 0 aromatic rings. The Morgan fingerprint density at radius 3 is 1.88 bits per heavy atom. The summed E-state index contributed by atoms with van der Waals surface area (Å²) >= 11 is 0. The van der Waals surface area contributed by atoms with E-state index in [0.29, 0.717) is 0 Å². The molecule has 0 heterocycles. The maximum absolute atomic E-state index is 12.2. The summed E-state index contributed by atoms with van der Waals surface area (Å²) in [6, 6.07) is -3.88. The summed E-state index contributed by atoms with van der Waals surface area (Å²) in [6.45, 7) is 3.38. The Labute approximate surface area is 144 Å². The average molecular weight is 360 g/mol. The number of primary amides is 1. The SMILES string of the molecule is CC(C)[C@H](N)C(=O)N[C@@H](CCC(N)=O)C(=O)N[C@@H](CC(=O)O)C(=O)O. The molecular weight excluding hydrogens is 336 g/mol. The van der Waals surface area contributed by atoms with Gasteiger partial charge in [0.25, 0.3) is 0 Å². The molecule has 0 bridgehead atoms. The zero-order chi connectivity index (χ0) is 19.7. The van der Waals surface area contributed by atoms with Crippen molar-refractivity contribution < 1.29 is 34.2 Å². The predicted octanol–water partition coefficient (Wildman–Crippen LogP) is -2.24. The summed E-state index contributed by atoms with van der Waals surface area (Å²) in [7, 11) is 0. The monoisotopic (exact) mass is 360 g/mol. The maximum Gasteiger partial charge on any atom is 0.326 e. The van der Waals surface area contributed by atoms with Crippen molar-refractivity contribution in [3.8, 4) is 0 Å². The van der Waals surface area contributed by atoms with Crippen LogP contribution in [-0.2, 0) is 24.0 Å². The highest BCUT2D eigenvalue weighted by Crippen LogP contribution is 2.04. The van der Waals surface area contributed by atoms with E-state index in [4.69, 9.17) is 21.7 Å². The molecular formula is C14H24N4O7. The molecule has 0 unspecified atom stereocenters. The predicted molar refractivity (Wildman–Crippen MR) is 85.0 cm³/mol. The van der Waals surface area contributed by atoms with Crippen LogP contribution in [0, 0.1) is 5.92 Å². The molecule has 0 rings (SSSR count). The Bertz CT molecular complexity index is 535. The third-order valence-corrected chi connectivity index (χ3v) is 3.33. The zero-order valence-corrected chi connectivity index (χ0v) is 14.0. The number of hydrogen-bond acceptors (Lipinski definition) is 6. The molecule has 142 valence electrons. The highest BCUT2D eigenvalue weighted by molar-refractivity contribution is 5.93. The molecule has 0 aliphatic heterocycles. The second-order valence-corrected chi connectivity index (χ2v) is 5.83. The molecule has 11 nitrogen and oxygen atoms in total. The van der Waals surface area contributed by atoms with Gasteiger partial charge in [-0.2, -0.15) is 0 Å². The lowest BCUT2D eigenvalue weighted by atomic mass is 10.0. The number of nitrogens with one attached hydrogen (secondary N) is 2. The van der Waals surface area contributed by atoms with Gasteiger partial charge in [0.15, 0.2) is 0 Å². The fraction of sp³-hybridized carbons (Fsp3) is 0.643. The van der Waals surface area contributed by atoms with Gasteiger partial charge in [0.2, 0.25) is 17.7 Å². The van der Waals surface area contributed by atoms with Crippen molar-refractivity contribution in [1.82, 2.24) is 10.6 Å². The van der Waals surface area contributed by atoms with E-state index in [9.17, 15) is 24.0 Å². The van der Waals surface area contributed by atoms with Crippen molar-refractivity contribution in [1.29, 1.82) is 0 Å². The number of amides is 3. The van der Waals surface area contributed by atoms with Gasteiger partial charge >= 0.3 is 11.9 Å². The zero-order valence-electron chi connectivity index (χ0n) is 14.0. The van der Waals surface area contributed by atoms with Gasteiger partial charge in [-0.1, -0.05) is 13.8 Å². The number of carboxylic acids is 2. The Morgan fingerprint density at radius 2 is 1.48 bits per heavy atom. The summed E-state index contributed by atoms with van der Waals surface area (Å²) < 4.78 is 0. The van der Waals surface area contributed by atoms with Crippen LogP contribution >= 0.6 is 0 Å². The molecule has 0 saturated heterocycles. The van der Waals surface area contributed by atoms with E-state index < -0.39 is 54.2 Å². The first kappa shape index (κ1) is 22.3. The Morgan fingerprint density at radius 1 is 0.960 bits per heavy atom. The lowest BCUT2D eigenvalue weighted by Gasteiger charge is -2.23. The van der Waals surface area contributed by atoms with Crippen molar-refractivity contribution in [2.24, 2.45) is 17.4 Å². The molecule has 3 atom stereocenters. The quantitative estimate of drug-likeness (QED) is 0.237. The summed E-state index contributed by atoms with van der Waals surface area (Å²) in [5, 5.41) is 22.0. The van der Waals surface area contributed by atoms with Gasteiger partial charge in [0.1, 0.15) is 12.1 Å². The molecule has 3 amide bonds. The van der Waals surface area contributed by atoms with E-state index in [2.05, 4.69) is 5.32 Å². The number of rotatable bonds is 11. The van der Waals surface area contributed by atoms with Gasteiger partial charge in [-0.3, -0.25) is 19.2 Å². The third kappa shape index (κ3) is 8.65. The number of nitrogens with two attached hydrogens (primary N) is 2. The average Bonchev–Trinajstić information content (AvgIpc) is 2.48. The molecule has 0 aromatic heterocycles.